The Bertz CT molecular complexity index is 781. The van der Waals surface area contributed by atoms with Gasteiger partial charge < -0.3 is 4.90 Å². The molecule has 0 aliphatic carbocycles. The smallest absolute Gasteiger partial charge is 0.208 e. The zero-order valence-electron chi connectivity index (χ0n) is 13.0. The monoisotopic (exact) mass is 326 g/mol. The van der Waals surface area contributed by atoms with Crippen molar-refractivity contribution in [2.75, 3.05) is 18.0 Å². The fourth-order valence-electron chi connectivity index (χ4n) is 3.02. The normalized spacial score (nSPS) is 17.8. The van der Waals surface area contributed by atoms with Gasteiger partial charge in [0.15, 0.2) is 5.01 Å². The summed E-state index contributed by atoms with van der Waals surface area (Å²) in [6.07, 6.45) is 8.12. The predicted molar refractivity (Wildman–Crippen MR) is 90.4 cm³/mol. The number of rotatable bonds is 4. The van der Waals surface area contributed by atoms with E-state index in [-0.39, 0.29) is 0 Å². The number of aromatic nitrogens is 5. The Hall–Kier alpha value is -2.28. The number of hydrogen-bond acceptors (Lipinski definition) is 6. The fourth-order valence-corrected chi connectivity index (χ4v) is 3.88. The van der Waals surface area contributed by atoms with Crippen molar-refractivity contribution in [1.82, 2.24) is 25.0 Å². The Morgan fingerprint density at radius 3 is 3.04 bits per heavy atom. The van der Waals surface area contributed by atoms with E-state index in [9.17, 15) is 0 Å². The zero-order valence-corrected chi connectivity index (χ0v) is 13.8. The van der Waals surface area contributed by atoms with Crippen LogP contribution in [0.25, 0.3) is 10.7 Å². The van der Waals surface area contributed by atoms with Crippen molar-refractivity contribution in [3.8, 4) is 10.7 Å². The van der Waals surface area contributed by atoms with E-state index in [4.69, 9.17) is 0 Å². The van der Waals surface area contributed by atoms with Crippen molar-refractivity contribution in [1.29, 1.82) is 0 Å². The van der Waals surface area contributed by atoms with Crippen molar-refractivity contribution in [3.63, 3.8) is 0 Å². The molecule has 6 nitrogen and oxygen atoms in total. The first-order chi connectivity index (χ1) is 11.3. The molecule has 0 spiro atoms. The van der Waals surface area contributed by atoms with Crippen LogP contribution in [0.1, 0.15) is 12.0 Å². The van der Waals surface area contributed by atoms with Gasteiger partial charge in [-0.2, -0.15) is 5.10 Å². The summed E-state index contributed by atoms with van der Waals surface area (Å²) in [6, 6.07) is 5.86. The zero-order chi connectivity index (χ0) is 15.6. The van der Waals surface area contributed by atoms with Crippen molar-refractivity contribution < 1.29 is 0 Å². The van der Waals surface area contributed by atoms with Crippen LogP contribution in [0.4, 0.5) is 5.13 Å². The first-order valence-electron chi connectivity index (χ1n) is 7.75. The standard InChI is InChI=1S/C16H18N6S/c1-21-10-13(9-18-21)8-12-5-7-22(11-12)16-20-19-15(23-16)14-4-2-3-6-17-14/h2-4,6,9-10,12H,5,7-8,11H2,1H3/t12-/m1/s1. The highest BCUT2D eigenvalue weighted by Crippen LogP contribution is 2.31. The molecular formula is C16H18N6S. The Balaban J connectivity index is 1.43. The molecule has 1 saturated heterocycles. The van der Waals surface area contributed by atoms with Crippen LogP contribution in [0.2, 0.25) is 0 Å². The van der Waals surface area contributed by atoms with Crippen LogP contribution in [0.15, 0.2) is 36.8 Å². The molecule has 4 heterocycles. The minimum Gasteiger partial charge on any atom is -0.346 e. The summed E-state index contributed by atoms with van der Waals surface area (Å²) in [4.78, 5) is 6.68. The highest BCUT2D eigenvalue weighted by molar-refractivity contribution is 7.18. The van der Waals surface area contributed by atoms with Gasteiger partial charge in [-0.25, -0.2) is 0 Å². The molecule has 0 radical (unpaired) electrons. The average molecular weight is 326 g/mol. The molecule has 23 heavy (non-hydrogen) atoms. The summed E-state index contributed by atoms with van der Waals surface area (Å²) in [5, 5.41) is 14.8. The van der Waals surface area contributed by atoms with E-state index in [0.29, 0.717) is 5.92 Å². The third-order valence-electron chi connectivity index (χ3n) is 4.14. The molecule has 1 aliphatic rings. The summed E-state index contributed by atoms with van der Waals surface area (Å²) in [5.41, 5.74) is 2.20. The maximum atomic E-state index is 4.36. The molecule has 7 heteroatoms. The Morgan fingerprint density at radius 2 is 2.26 bits per heavy atom. The molecule has 0 bridgehead atoms. The molecule has 0 aromatic carbocycles. The van der Waals surface area contributed by atoms with Crippen molar-refractivity contribution in [2.45, 2.75) is 12.8 Å². The van der Waals surface area contributed by atoms with Gasteiger partial charge in [-0.05, 0) is 36.5 Å². The SMILES string of the molecule is Cn1cc(C[C@H]2CCN(c3nnc(-c4ccccn4)s3)C2)cn1. The molecule has 3 aromatic rings. The van der Waals surface area contributed by atoms with Crippen LogP contribution >= 0.6 is 11.3 Å². The van der Waals surface area contributed by atoms with E-state index in [2.05, 4.69) is 31.4 Å². The highest BCUT2D eigenvalue weighted by Gasteiger charge is 2.25. The lowest BCUT2D eigenvalue weighted by molar-refractivity contribution is 0.586. The number of nitrogens with zero attached hydrogens (tertiary/aromatic N) is 6. The van der Waals surface area contributed by atoms with Gasteiger partial charge in [0.25, 0.3) is 0 Å². The van der Waals surface area contributed by atoms with E-state index in [1.807, 2.05) is 36.1 Å². The van der Waals surface area contributed by atoms with Crippen molar-refractivity contribution in [2.24, 2.45) is 13.0 Å². The molecule has 1 fully saturated rings. The Labute approximate surface area is 138 Å². The number of hydrogen-bond donors (Lipinski definition) is 0. The number of pyridine rings is 1. The third kappa shape index (κ3) is 3.10. The van der Waals surface area contributed by atoms with Gasteiger partial charge in [-0.15, -0.1) is 10.2 Å². The molecule has 1 aliphatic heterocycles. The van der Waals surface area contributed by atoms with Crippen LogP contribution in [0.5, 0.6) is 0 Å². The molecule has 3 aromatic heterocycles. The molecule has 1 atom stereocenters. The second kappa shape index (κ2) is 6.08. The predicted octanol–water partition coefficient (Wildman–Crippen LogP) is 2.40. The van der Waals surface area contributed by atoms with Gasteiger partial charge in [0, 0.05) is 32.5 Å². The minimum atomic E-state index is 0.654. The lowest BCUT2D eigenvalue weighted by Crippen LogP contribution is -2.19. The van der Waals surface area contributed by atoms with Gasteiger partial charge in [-0.3, -0.25) is 9.67 Å². The van der Waals surface area contributed by atoms with Crippen LogP contribution in [0, 0.1) is 5.92 Å². The summed E-state index contributed by atoms with van der Waals surface area (Å²) in [5.74, 6) is 0.654. The fraction of sp³-hybridized carbons (Fsp3) is 0.375. The quantitative estimate of drug-likeness (QED) is 0.737. The van der Waals surface area contributed by atoms with Crippen molar-refractivity contribution >= 4 is 16.5 Å². The van der Waals surface area contributed by atoms with Crippen LogP contribution in [-0.4, -0.2) is 38.1 Å². The van der Waals surface area contributed by atoms with Gasteiger partial charge in [0.1, 0.15) is 5.69 Å². The number of anilines is 1. The van der Waals surface area contributed by atoms with E-state index in [1.54, 1.807) is 17.5 Å². The summed E-state index contributed by atoms with van der Waals surface area (Å²) < 4.78 is 1.87. The second-order valence-electron chi connectivity index (χ2n) is 5.93. The van der Waals surface area contributed by atoms with Gasteiger partial charge in [0.05, 0.1) is 6.20 Å². The lowest BCUT2D eigenvalue weighted by atomic mass is 10.0. The topological polar surface area (TPSA) is 59.7 Å². The summed E-state index contributed by atoms with van der Waals surface area (Å²) >= 11 is 1.62. The molecule has 0 N–H and O–H groups in total. The summed E-state index contributed by atoms with van der Waals surface area (Å²) in [7, 11) is 1.96. The lowest BCUT2D eigenvalue weighted by Gasteiger charge is -2.13. The van der Waals surface area contributed by atoms with E-state index in [0.717, 1.165) is 35.3 Å². The van der Waals surface area contributed by atoms with Crippen LogP contribution in [0.3, 0.4) is 0 Å². The van der Waals surface area contributed by atoms with Gasteiger partial charge in [0.2, 0.25) is 5.13 Å². The molecular weight excluding hydrogens is 308 g/mol. The van der Waals surface area contributed by atoms with Crippen molar-refractivity contribution in [3.05, 3.63) is 42.4 Å². The van der Waals surface area contributed by atoms with Crippen LogP contribution < -0.4 is 4.90 Å². The second-order valence-corrected chi connectivity index (χ2v) is 6.89. The largest absolute Gasteiger partial charge is 0.346 e. The van der Waals surface area contributed by atoms with E-state index >= 15 is 0 Å². The van der Waals surface area contributed by atoms with Crippen LogP contribution in [-0.2, 0) is 13.5 Å². The maximum absolute atomic E-state index is 4.36. The molecule has 4 rings (SSSR count). The third-order valence-corrected chi connectivity index (χ3v) is 5.14. The Morgan fingerprint density at radius 1 is 1.30 bits per heavy atom. The summed E-state index contributed by atoms with van der Waals surface area (Å²) in [6.45, 7) is 2.08. The van der Waals surface area contributed by atoms with Gasteiger partial charge >= 0.3 is 0 Å². The molecule has 0 saturated carbocycles. The maximum Gasteiger partial charge on any atom is 0.208 e. The minimum absolute atomic E-state index is 0.654. The van der Waals surface area contributed by atoms with E-state index < -0.39 is 0 Å². The highest BCUT2D eigenvalue weighted by atomic mass is 32.1. The first kappa shape index (κ1) is 14.3. The molecule has 0 amide bonds. The van der Waals surface area contributed by atoms with E-state index in [1.165, 1.54) is 12.0 Å². The van der Waals surface area contributed by atoms with Gasteiger partial charge in [-0.1, -0.05) is 17.4 Å². The Kier molecular flexibility index (Phi) is 3.78. The number of aryl methyl sites for hydroxylation is 1. The molecule has 118 valence electrons. The molecule has 0 unspecified atom stereocenters. The first-order valence-corrected chi connectivity index (χ1v) is 8.57. The average Bonchev–Trinajstić information content (AvgIpc) is 3.29.